The SMILES string of the molecule is CC[C@H](Cn1nc(-c2cccs2)ccc1=O)NC(=O)CC1NC(=O)c2cc(OC)ccc21. The summed E-state index contributed by atoms with van der Waals surface area (Å²) in [4.78, 5) is 38.3. The molecule has 3 aromatic rings. The van der Waals surface area contributed by atoms with E-state index < -0.39 is 6.04 Å². The van der Waals surface area contributed by atoms with Crippen LogP contribution >= 0.6 is 11.3 Å². The van der Waals surface area contributed by atoms with Crippen LogP contribution in [0, 0.1) is 0 Å². The maximum Gasteiger partial charge on any atom is 0.266 e. The van der Waals surface area contributed by atoms with Crippen molar-refractivity contribution in [2.45, 2.75) is 38.4 Å². The van der Waals surface area contributed by atoms with Gasteiger partial charge in [0.05, 0.1) is 31.0 Å². The van der Waals surface area contributed by atoms with Crippen LogP contribution in [0.5, 0.6) is 5.75 Å². The Labute approximate surface area is 189 Å². The second-order valence-corrected chi connectivity index (χ2v) is 8.52. The molecule has 8 nitrogen and oxygen atoms in total. The van der Waals surface area contributed by atoms with Crippen LogP contribution in [-0.4, -0.2) is 34.7 Å². The van der Waals surface area contributed by atoms with Gasteiger partial charge >= 0.3 is 0 Å². The van der Waals surface area contributed by atoms with E-state index in [-0.39, 0.29) is 36.4 Å². The third-order valence-corrected chi connectivity index (χ3v) is 6.36. The molecule has 2 aromatic heterocycles. The van der Waals surface area contributed by atoms with Crippen molar-refractivity contribution in [1.29, 1.82) is 0 Å². The molecule has 1 aliphatic heterocycles. The largest absolute Gasteiger partial charge is 0.497 e. The van der Waals surface area contributed by atoms with Gasteiger partial charge in [-0.3, -0.25) is 14.4 Å². The van der Waals surface area contributed by atoms with Crippen LogP contribution < -0.4 is 20.9 Å². The Bertz CT molecular complexity index is 1190. The van der Waals surface area contributed by atoms with E-state index in [4.69, 9.17) is 4.74 Å². The van der Waals surface area contributed by atoms with Crippen LogP contribution in [0.4, 0.5) is 0 Å². The number of methoxy groups -OCH3 is 1. The molecule has 2 atom stereocenters. The highest BCUT2D eigenvalue weighted by Gasteiger charge is 2.30. The van der Waals surface area contributed by atoms with Crippen LogP contribution in [0.1, 0.15) is 41.7 Å². The first kappa shape index (κ1) is 21.8. The minimum absolute atomic E-state index is 0.110. The smallest absolute Gasteiger partial charge is 0.266 e. The van der Waals surface area contributed by atoms with Gasteiger partial charge < -0.3 is 15.4 Å². The summed E-state index contributed by atoms with van der Waals surface area (Å²) in [5.41, 5.74) is 1.81. The molecule has 0 spiro atoms. The Hall–Kier alpha value is -3.46. The van der Waals surface area contributed by atoms with Gasteiger partial charge in [-0.15, -0.1) is 11.3 Å². The summed E-state index contributed by atoms with van der Waals surface area (Å²) in [6.45, 7) is 2.21. The van der Waals surface area contributed by atoms with Gasteiger partial charge in [-0.05, 0) is 41.6 Å². The molecule has 2 N–H and O–H groups in total. The number of thiophene rings is 1. The van der Waals surface area contributed by atoms with Crippen molar-refractivity contribution >= 4 is 23.2 Å². The summed E-state index contributed by atoms with van der Waals surface area (Å²) in [7, 11) is 1.54. The number of carbonyl (C=O) groups excluding carboxylic acids is 2. The van der Waals surface area contributed by atoms with E-state index in [0.29, 0.717) is 17.7 Å². The highest BCUT2D eigenvalue weighted by atomic mass is 32.1. The quantitative estimate of drug-likeness (QED) is 0.547. The van der Waals surface area contributed by atoms with E-state index in [1.165, 1.54) is 10.7 Å². The van der Waals surface area contributed by atoms with Crippen molar-refractivity contribution in [3.63, 3.8) is 0 Å². The maximum absolute atomic E-state index is 12.7. The normalized spacial score (nSPS) is 15.7. The summed E-state index contributed by atoms with van der Waals surface area (Å²) < 4.78 is 6.57. The van der Waals surface area contributed by atoms with E-state index in [1.54, 1.807) is 42.7 Å². The number of carbonyl (C=O) groups is 2. The average molecular weight is 453 g/mol. The molecule has 166 valence electrons. The molecule has 0 radical (unpaired) electrons. The molecule has 1 aromatic carbocycles. The fourth-order valence-electron chi connectivity index (χ4n) is 3.73. The Morgan fingerprint density at radius 2 is 2.12 bits per heavy atom. The molecule has 9 heteroatoms. The molecule has 1 unspecified atom stereocenters. The Kier molecular flexibility index (Phi) is 6.36. The second-order valence-electron chi connectivity index (χ2n) is 7.57. The zero-order chi connectivity index (χ0) is 22.7. The first-order valence-electron chi connectivity index (χ1n) is 10.4. The molecule has 1 aliphatic rings. The summed E-state index contributed by atoms with van der Waals surface area (Å²) in [5.74, 6) is 0.177. The van der Waals surface area contributed by atoms with Crippen molar-refractivity contribution < 1.29 is 14.3 Å². The predicted molar refractivity (Wildman–Crippen MR) is 122 cm³/mol. The lowest BCUT2D eigenvalue weighted by atomic mass is 10.0. The van der Waals surface area contributed by atoms with Crippen molar-refractivity contribution in [2.24, 2.45) is 0 Å². The second kappa shape index (κ2) is 9.35. The zero-order valence-electron chi connectivity index (χ0n) is 17.8. The fraction of sp³-hybridized carbons (Fsp3) is 0.304. The fourth-order valence-corrected chi connectivity index (χ4v) is 4.42. The number of nitrogens with zero attached hydrogens (tertiary/aromatic N) is 2. The topological polar surface area (TPSA) is 102 Å². The van der Waals surface area contributed by atoms with Gasteiger partial charge in [-0.1, -0.05) is 19.1 Å². The third kappa shape index (κ3) is 4.57. The Morgan fingerprint density at radius 1 is 1.28 bits per heavy atom. The predicted octanol–water partition coefficient (Wildman–Crippen LogP) is 2.75. The van der Waals surface area contributed by atoms with Crippen LogP contribution in [0.2, 0.25) is 0 Å². The number of fused-ring (bicyclic) bond motifs is 1. The molecule has 32 heavy (non-hydrogen) atoms. The third-order valence-electron chi connectivity index (χ3n) is 5.47. The minimum Gasteiger partial charge on any atom is -0.497 e. The highest BCUT2D eigenvalue weighted by Crippen LogP contribution is 2.30. The van der Waals surface area contributed by atoms with Crippen LogP contribution in [0.25, 0.3) is 10.6 Å². The maximum atomic E-state index is 12.7. The van der Waals surface area contributed by atoms with Crippen LogP contribution in [0.3, 0.4) is 0 Å². The molecule has 0 saturated heterocycles. The number of aromatic nitrogens is 2. The number of ether oxygens (including phenoxy) is 1. The lowest BCUT2D eigenvalue weighted by Gasteiger charge is -2.19. The van der Waals surface area contributed by atoms with Crippen molar-refractivity contribution in [3.05, 3.63) is 69.3 Å². The van der Waals surface area contributed by atoms with Gasteiger partial charge in [0.2, 0.25) is 5.91 Å². The van der Waals surface area contributed by atoms with E-state index in [9.17, 15) is 14.4 Å². The van der Waals surface area contributed by atoms with E-state index in [0.717, 1.165) is 16.1 Å². The number of hydrogen-bond acceptors (Lipinski definition) is 6. The van der Waals surface area contributed by atoms with Gasteiger partial charge in [0.1, 0.15) is 11.4 Å². The number of nitrogens with one attached hydrogen (secondary N) is 2. The van der Waals surface area contributed by atoms with Crippen molar-refractivity contribution in [3.8, 4) is 16.3 Å². The minimum atomic E-state index is -0.399. The van der Waals surface area contributed by atoms with Crippen molar-refractivity contribution in [1.82, 2.24) is 20.4 Å². The van der Waals surface area contributed by atoms with Gasteiger partial charge in [-0.25, -0.2) is 4.68 Å². The summed E-state index contributed by atoms with van der Waals surface area (Å²) in [6.07, 6.45) is 0.743. The highest BCUT2D eigenvalue weighted by molar-refractivity contribution is 7.13. The van der Waals surface area contributed by atoms with E-state index in [2.05, 4.69) is 15.7 Å². The van der Waals surface area contributed by atoms with E-state index in [1.807, 2.05) is 24.4 Å². The van der Waals surface area contributed by atoms with Crippen LogP contribution in [-0.2, 0) is 11.3 Å². The molecule has 2 amide bonds. The average Bonchev–Trinajstić information content (AvgIpc) is 3.43. The Balaban J connectivity index is 1.43. The number of rotatable bonds is 8. The lowest BCUT2D eigenvalue weighted by Crippen LogP contribution is -2.41. The van der Waals surface area contributed by atoms with Crippen molar-refractivity contribution in [2.75, 3.05) is 7.11 Å². The Morgan fingerprint density at radius 3 is 2.84 bits per heavy atom. The molecular formula is C23H24N4O4S. The molecule has 0 aliphatic carbocycles. The monoisotopic (exact) mass is 452 g/mol. The zero-order valence-corrected chi connectivity index (χ0v) is 18.6. The standard InChI is InChI=1S/C23H24N4O4S/c1-3-14(13-27-22(29)9-8-18(26-27)20-5-4-10-32-20)24-21(28)12-19-16-7-6-15(31-2)11-17(16)23(30)25-19/h4-11,14,19H,3,12-13H2,1-2H3,(H,24,28)(H,25,30)/t14-,19?/m1/s1. The first-order chi connectivity index (χ1) is 15.5. The lowest BCUT2D eigenvalue weighted by molar-refractivity contribution is -0.122. The number of amides is 2. The van der Waals surface area contributed by atoms with Gasteiger partial charge in [0.15, 0.2) is 0 Å². The summed E-state index contributed by atoms with van der Waals surface area (Å²) in [5, 5.41) is 12.3. The molecule has 0 bridgehead atoms. The summed E-state index contributed by atoms with van der Waals surface area (Å²) >= 11 is 1.55. The van der Waals surface area contributed by atoms with Gasteiger partial charge in [0, 0.05) is 17.7 Å². The van der Waals surface area contributed by atoms with E-state index >= 15 is 0 Å². The molecule has 0 saturated carbocycles. The molecule has 4 rings (SSSR count). The molecule has 0 fully saturated rings. The van der Waals surface area contributed by atoms with Gasteiger partial charge in [0.25, 0.3) is 11.5 Å². The van der Waals surface area contributed by atoms with Gasteiger partial charge in [-0.2, -0.15) is 5.10 Å². The number of hydrogen-bond donors (Lipinski definition) is 2. The molecular weight excluding hydrogens is 428 g/mol. The summed E-state index contributed by atoms with van der Waals surface area (Å²) in [6, 6.07) is 11.7. The number of benzene rings is 1. The molecule has 3 heterocycles. The van der Waals surface area contributed by atoms with Crippen LogP contribution in [0.15, 0.2) is 52.6 Å². The first-order valence-corrected chi connectivity index (χ1v) is 11.3.